The fraction of sp³-hybridized carbons (Fsp3) is 0.100. The van der Waals surface area contributed by atoms with Gasteiger partial charge < -0.3 is 10.6 Å². The summed E-state index contributed by atoms with van der Waals surface area (Å²) >= 11 is 0. The van der Waals surface area contributed by atoms with Crippen LogP contribution in [0.2, 0.25) is 0 Å². The van der Waals surface area contributed by atoms with Crippen LogP contribution >= 0.6 is 0 Å². The molecule has 3 rings (SSSR count). The number of nitrogens with one attached hydrogen (secondary N) is 2. The molecule has 0 spiro atoms. The van der Waals surface area contributed by atoms with Crippen molar-refractivity contribution < 1.29 is 9.59 Å². The van der Waals surface area contributed by atoms with Crippen LogP contribution < -0.4 is 10.6 Å². The predicted octanol–water partition coefficient (Wildman–Crippen LogP) is 3.66. The molecule has 0 saturated heterocycles. The Hall–Kier alpha value is -3.14. The maximum absolute atomic E-state index is 13.0. The molecule has 0 aliphatic heterocycles. The minimum atomic E-state index is -0.144. The van der Waals surface area contributed by atoms with Crippen molar-refractivity contribution in [1.29, 1.82) is 0 Å². The van der Waals surface area contributed by atoms with Crippen molar-refractivity contribution in [2.75, 3.05) is 23.7 Å². The molecule has 0 atom stereocenters. The van der Waals surface area contributed by atoms with Crippen molar-refractivity contribution in [2.45, 2.75) is 0 Å². The van der Waals surface area contributed by atoms with Crippen molar-refractivity contribution in [2.24, 2.45) is 0 Å². The molecule has 1 aliphatic rings. The Morgan fingerprint density at radius 2 is 1.17 bits per heavy atom. The lowest BCUT2D eigenvalue weighted by atomic mass is 9.82. The van der Waals surface area contributed by atoms with Gasteiger partial charge in [-0.1, -0.05) is 36.4 Å². The lowest BCUT2D eigenvalue weighted by Gasteiger charge is -2.23. The van der Waals surface area contributed by atoms with Gasteiger partial charge in [-0.2, -0.15) is 0 Å². The topological polar surface area (TPSA) is 58.2 Å². The van der Waals surface area contributed by atoms with Crippen molar-refractivity contribution in [3.63, 3.8) is 0 Å². The smallest absolute Gasteiger partial charge is 0.196 e. The molecule has 0 fully saturated rings. The second-order valence-corrected chi connectivity index (χ2v) is 5.45. The minimum absolute atomic E-state index is 0.144. The number of hydrogen-bond acceptors (Lipinski definition) is 4. The quantitative estimate of drug-likeness (QED) is 0.681. The Bertz CT molecular complexity index is 783. The van der Waals surface area contributed by atoms with Gasteiger partial charge in [0.15, 0.2) is 11.6 Å². The maximum atomic E-state index is 13.0. The SMILES string of the molecule is C=CCNc1ccc(NCC=C)c2c1C(=O)c1ccccc1C2=O. The molecule has 0 bridgehead atoms. The Labute approximate surface area is 140 Å². The number of carbonyl (C=O) groups is 2. The van der Waals surface area contributed by atoms with Crippen LogP contribution in [0.5, 0.6) is 0 Å². The summed E-state index contributed by atoms with van der Waals surface area (Å²) in [4.78, 5) is 26.0. The van der Waals surface area contributed by atoms with E-state index in [-0.39, 0.29) is 11.6 Å². The van der Waals surface area contributed by atoms with Crippen LogP contribution in [0.15, 0.2) is 61.7 Å². The first-order valence-corrected chi connectivity index (χ1v) is 7.74. The highest BCUT2D eigenvalue weighted by Crippen LogP contribution is 2.36. The summed E-state index contributed by atoms with van der Waals surface area (Å²) in [6.45, 7) is 8.37. The zero-order valence-electron chi connectivity index (χ0n) is 13.3. The molecule has 2 N–H and O–H groups in total. The first-order valence-electron chi connectivity index (χ1n) is 7.74. The Morgan fingerprint density at radius 3 is 1.54 bits per heavy atom. The lowest BCUT2D eigenvalue weighted by molar-refractivity contribution is 0.0980. The second-order valence-electron chi connectivity index (χ2n) is 5.45. The fourth-order valence-corrected chi connectivity index (χ4v) is 2.88. The standard InChI is InChI=1S/C20H18N2O2/c1-3-11-21-15-9-10-16(22-12-4-2)18-17(15)19(23)13-7-5-6-8-14(13)20(18)24/h3-10,21-22H,1-2,11-12H2. The Morgan fingerprint density at radius 1 is 0.750 bits per heavy atom. The molecular weight excluding hydrogens is 300 g/mol. The number of fused-ring (bicyclic) bond motifs is 2. The fourth-order valence-electron chi connectivity index (χ4n) is 2.88. The molecular formula is C20H18N2O2. The zero-order chi connectivity index (χ0) is 17.1. The van der Waals surface area contributed by atoms with E-state index in [2.05, 4.69) is 23.8 Å². The van der Waals surface area contributed by atoms with Gasteiger partial charge in [0, 0.05) is 35.6 Å². The average molecular weight is 318 g/mol. The molecule has 0 aromatic heterocycles. The summed E-state index contributed by atoms with van der Waals surface area (Å²) in [5.41, 5.74) is 2.99. The van der Waals surface area contributed by atoms with Crippen LogP contribution in [0.4, 0.5) is 11.4 Å². The van der Waals surface area contributed by atoms with Gasteiger partial charge in [0.1, 0.15) is 0 Å². The van der Waals surface area contributed by atoms with E-state index in [1.54, 1.807) is 36.4 Å². The van der Waals surface area contributed by atoms with Gasteiger partial charge in [-0.05, 0) is 12.1 Å². The maximum Gasteiger partial charge on any atom is 0.196 e. The normalized spacial score (nSPS) is 12.2. The number of ketones is 2. The molecule has 2 aromatic carbocycles. The summed E-state index contributed by atoms with van der Waals surface area (Å²) in [7, 11) is 0. The van der Waals surface area contributed by atoms with Gasteiger partial charge in [0.05, 0.1) is 11.1 Å². The summed E-state index contributed by atoms with van der Waals surface area (Å²) < 4.78 is 0. The highest BCUT2D eigenvalue weighted by Gasteiger charge is 2.33. The van der Waals surface area contributed by atoms with E-state index in [1.165, 1.54) is 0 Å². The van der Waals surface area contributed by atoms with Crippen LogP contribution in [0.25, 0.3) is 0 Å². The van der Waals surface area contributed by atoms with Crippen LogP contribution in [0, 0.1) is 0 Å². The van der Waals surface area contributed by atoms with Crippen molar-refractivity contribution in [3.8, 4) is 0 Å². The van der Waals surface area contributed by atoms with Crippen LogP contribution in [-0.2, 0) is 0 Å². The van der Waals surface area contributed by atoms with Gasteiger partial charge in [0.25, 0.3) is 0 Å². The van der Waals surface area contributed by atoms with Crippen LogP contribution in [-0.4, -0.2) is 24.7 Å². The van der Waals surface area contributed by atoms with Crippen molar-refractivity contribution >= 4 is 22.9 Å². The van der Waals surface area contributed by atoms with E-state index in [9.17, 15) is 9.59 Å². The third kappa shape index (κ3) is 2.52. The molecule has 0 unspecified atom stereocenters. The van der Waals surface area contributed by atoms with Crippen LogP contribution in [0.3, 0.4) is 0 Å². The summed E-state index contributed by atoms with van der Waals surface area (Å²) in [5, 5.41) is 6.30. The zero-order valence-corrected chi connectivity index (χ0v) is 13.3. The molecule has 0 heterocycles. The van der Waals surface area contributed by atoms with Crippen molar-refractivity contribution in [1.82, 2.24) is 0 Å². The number of carbonyl (C=O) groups excluding carboxylic acids is 2. The van der Waals surface area contributed by atoms with E-state index in [0.29, 0.717) is 46.7 Å². The largest absolute Gasteiger partial charge is 0.381 e. The third-order valence-electron chi connectivity index (χ3n) is 3.95. The third-order valence-corrected chi connectivity index (χ3v) is 3.95. The monoisotopic (exact) mass is 318 g/mol. The van der Waals surface area contributed by atoms with Gasteiger partial charge >= 0.3 is 0 Å². The number of rotatable bonds is 6. The molecule has 0 saturated carbocycles. The predicted molar refractivity (Wildman–Crippen MR) is 97.1 cm³/mol. The highest BCUT2D eigenvalue weighted by atomic mass is 16.1. The molecule has 2 aromatic rings. The van der Waals surface area contributed by atoms with E-state index in [1.807, 2.05) is 12.1 Å². The first kappa shape index (κ1) is 15.7. The molecule has 0 amide bonds. The van der Waals surface area contributed by atoms with Gasteiger partial charge in [0.2, 0.25) is 0 Å². The highest BCUT2D eigenvalue weighted by molar-refractivity contribution is 6.31. The summed E-state index contributed by atoms with van der Waals surface area (Å²) in [6, 6.07) is 10.6. The van der Waals surface area contributed by atoms with E-state index >= 15 is 0 Å². The number of benzene rings is 2. The molecule has 24 heavy (non-hydrogen) atoms. The first-order chi connectivity index (χ1) is 11.7. The Balaban J connectivity index is 2.21. The molecule has 120 valence electrons. The molecule has 1 aliphatic carbocycles. The van der Waals surface area contributed by atoms with Crippen molar-refractivity contribution in [3.05, 3.63) is 84.0 Å². The number of hydrogen-bond donors (Lipinski definition) is 2. The molecule has 4 nitrogen and oxygen atoms in total. The van der Waals surface area contributed by atoms with E-state index in [4.69, 9.17) is 0 Å². The van der Waals surface area contributed by atoms with E-state index < -0.39 is 0 Å². The van der Waals surface area contributed by atoms with Gasteiger partial charge in [-0.3, -0.25) is 9.59 Å². The summed E-state index contributed by atoms with van der Waals surface area (Å²) in [5.74, 6) is -0.289. The summed E-state index contributed by atoms with van der Waals surface area (Å²) in [6.07, 6.45) is 3.42. The second kappa shape index (κ2) is 6.54. The van der Waals surface area contributed by atoms with E-state index in [0.717, 1.165) is 0 Å². The average Bonchev–Trinajstić information content (AvgIpc) is 2.62. The van der Waals surface area contributed by atoms with Gasteiger partial charge in [-0.25, -0.2) is 0 Å². The molecule has 4 heteroatoms. The molecule has 0 radical (unpaired) electrons. The Kier molecular flexibility index (Phi) is 4.29. The van der Waals surface area contributed by atoms with Gasteiger partial charge in [-0.15, -0.1) is 13.2 Å². The van der Waals surface area contributed by atoms with Crippen LogP contribution in [0.1, 0.15) is 31.8 Å². The lowest BCUT2D eigenvalue weighted by Crippen LogP contribution is -2.24. The number of anilines is 2. The minimum Gasteiger partial charge on any atom is -0.381 e.